The molecule has 0 aliphatic carbocycles. The van der Waals surface area contributed by atoms with Crippen LogP contribution in [0.3, 0.4) is 0 Å². The second kappa shape index (κ2) is 6.29. The fourth-order valence-electron chi connectivity index (χ4n) is 0.618. The van der Waals surface area contributed by atoms with Gasteiger partial charge in [0.05, 0.1) is 5.97 Å². The lowest BCUT2D eigenvalue weighted by Gasteiger charge is -2.02. The van der Waals surface area contributed by atoms with E-state index in [-0.39, 0.29) is 6.15 Å². The third kappa shape index (κ3) is 4.09. The summed E-state index contributed by atoms with van der Waals surface area (Å²) in [7, 11) is 0. The predicted octanol–water partition coefficient (Wildman–Crippen LogP) is 0.859. The van der Waals surface area contributed by atoms with Crippen molar-refractivity contribution in [2.45, 2.75) is 26.7 Å². The van der Waals surface area contributed by atoms with Gasteiger partial charge in [0.1, 0.15) is 0 Å². The largest absolute Gasteiger partial charge is 0.545 e. The van der Waals surface area contributed by atoms with Crippen LogP contribution in [0.4, 0.5) is 0 Å². The zero-order chi connectivity index (χ0) is 7.28. The molecule has 0 aromatic rings. The first-order valence-corrected chi connectivity index (χ1v) is 3.12. The zero-order valence-corrected chi connectivity index (χ0v) is 6.81. The van der Waals surface area contributed by atoms with Crippen molar-refractivity contribution in [3.63, 3.8) is 0 Å². The second-order valence-electron chi connectivity index (χ2n) is 1.78. The lowest BCUT2D eigenvalue weighted by atomic mass is 10.2. The van der Waals surface area contributed by atoms with Crippen LogP contribution in [0.1, 0.15) is 26.7 Å². The van der Waals surface area contributed by atoms with Gasteiger partial charge in [0.25, 0.3) is 0 Å². The number of carboxylic acids is 1. The molecule has 0 spiro atoms. The Balaban J connectivity index is 0. The molecule has 0 heterocycles. The molecule has 0 unspecified atom stereocenters. The van der Waals surface area contributed by atoms with Crippen molar-refractivity contribution in [3.05, 3.63) is 11.6 Å². The summed E-state index contributed by atoms with van der Waals surface area (Å²) in [5.74, 6) is -1.04. The first-order chi connectivity index (χ1) is 4.22. The molecule has 3 heteroatoms. The quantitative estimate of drug-likeness (QED) is 0.598. The Morgan fingerprint density at radius 1 is 1.50 bits per heavy atom. The summed E-state index contributed by atoms with van der Waals surface area (Å²) in [4.78, 5) is 10.1. The molecule has 0 saturated carbocycles. The van der Waals surface area contributed by atoms with Crippen LogP contribution in [-0.2, 0) is 4.79 Å². The molecule has 60 valence electrons. The van der Waals surface area contributed by atoms with Gasteiger partial charge >= 0.3 is 0 Å². The van der Waals surface area contributed by atoms with E-state index in [4.69, 9.17) is 0 Å². The zero-order valence-electron chi connectivity index (χ0n) is 6.81. The van der Waals surface area contributed by atoms with Crippen molar-refractivity contribution in [1.29, 1.82) is 0 Å². The van der Waals surface area contributed by atoms with Crippen molar-refractivity contribution >= 4 is 5.97 Å². The van der Waals surface area contributed by atoms with Crippen molar-refractivity contribution < 1.29 is 9.90 Å². The number of allylic oxidation sites excluding steroid dienone is 1. The minimum Gasteiger partial charge on any atom is -0.545 e. The Bertz CT molecular complexity index is 130. The van der Waals surface area contributed by atoms with Gasteiger partial charge in [0.2, 0.25) is 0 Å². The number of hydrogen-bond donors (Lipinski definition) is 1. The Kier molecular flexibility index (Phi) is 7.49. The summed E-state index contributed by atoms with van der Waals surface area (Å²) in [5.41, 5.74) is 0.400. The number of quaternary nitrogens is 1. The number of carbonyl (C=O) groups excluding carboxylic acids is 1. The molecule has 0 fully saturated rings. The van der Waals surface area contributed by atoms with E-state index in [9.17, 15) is 9.90 Å². The van der Waals surface area contributed by atoms with E-state index in [2.05, 4.69) is 0 Å². The molecule has 10 heavy (non-hydrogen) atoms. The smallest absolute Gasteiger partial charge is 0.0671 e. The first-order valence-electron chi connectivity index (χ1n) is 3.12. The van der Waals surface area contributed by atoms with E-state index in [1.54, 1.807) is 13.0 Å². The molecule has 0 aromatic carbocycles. The van der Waals surface area contributed by atoms with Gasteiger partial charge < -0.3 is 16.1 Å². The third-order valence-electron chi connectivity index (χ3n) is 1.09. The van der Waals surface area contributed by atoms with Crippen molar-refractivity contribution in [1.82, 2.24) is 6.15 Å². The summed E-state index contributed by atoms with van der Waals surface area (Å²) in [6, 6.07) is 0. The molecule has 3 nitrogen and oxygen atoms in total. The number of rotatable bonds is 3. The molecule has 0 aliphatic heterocycles. The Labute approximate surface area is 61.3 Å². The second-order valence-corrected chi connectivity index (χ2v) is 1.78. The van der Waals surface area contributed by atoms with Crippen LogP contribution in [0, 0.1) is 0 Å². The van der Waals surface area contributed by atoms with Gasteiger partial charge in [-0.25, -0.2) is 0 Å². The highest BCUT2D eigenvalue weighted by atomic mass is 16.4. The number of carbonyl (C=O) groups is 1. The standard InChI is InChI=1S/C7H12O2.H3N/c1-3-5-6(4-2)7(8)9;/h5H,3-4H2,1-2H3,(H,8,9);1H3/b6-5+;. The maximum Gasteiger partial charge on any atom is 0.0671 e. The van der Waals surface area contributed by atoms with Crippen LogP contribution in [-0.4, -0.2) is 5.97 Å². The molecule has 0 aliphatic rings. The fourth-order valence-corrected chi connectivity index (χ4v) is 0.618. The molecule has 4 N–H and O–H groups in total. The van der Waals surface area contributed by atoms with Gasteiger partial charge in [0.15, 0.2) is 0 Å². The van der Waals surface area contributed by atoms with Gasteiger partial charge in [-0.05, 0) is 18.4 Å². The summed E-state index contributed by atoms with van der Waals surface area (Å²) in [6.45, 7) is 3.70. The van der Waals surface area contributed by atoms with Crippen LogP contribution < -0.4 is 11.3 Å². The maximum atomic E-state index is 10.1. The third-order valence-corrected chi connectivity index (χ3v) is 1.09. The normalized spacial score (nSPS) is 10.4. The molecular weight excluding hydrogens is 130 g/mol. The minimum atomic E-state index is -1.04. The highest BCUT2D eigenvalue weighted by Crippen LogP contribution is 1.99. The van der Waals surface area contributed by atoms with Gasteiger partial charge in [-0.1, -0.05) is 19.9 Å². The average Bonchev–Trinajstić information content (AvgIpc) is 1.82. The van der Waals surface area contributed by atoms with E-state index in [1.807, 2.05) is 6.92 Å². The Hall–Kier alpha value is -0.830. The number of hydrogen-bond acceptors (Lipinski definition) is 2. The maximum absolute atomic E-state index is 10.1. The Morgan fingerprint density at radius 3 is 2.10 bits per heavy atom. The summed E-state index contributed by atoms with van der Waals surface area (Å²) in [6.07, 6.45) is 2.99. The topological polar surface area (TPSA) is 76.6 Å². The fraction of sp³-hybridized carbons (Fsp3) is 0.571. The minimum absolute atomic E-state index is 0. The van der Waals surface area contributed by atoms with Crippen molar-refractivity contribution in [3.8, 4) is 0 Å². The van der Waals surface area contributed by atoms with E-state index in [0.717, 1.165) is 6.42 Å². The van der Waals surface area contributed by atoms with Gasteiger partial charge in [-0.15, -0.1) is 0 Å². The summed E-state index contributed by atoms with van der Waals surface area (Å²) >= 11 is 0. The lowest BCUT2D eigenvalue weighted by molar-refractivity contribution is -0.299. The van der Waals surface area contributed by atoms with E-state index >= 15 is 0 Å². The van der Waals surface area contributed by atoms with E-state index < -0.39 is 5.97 Å². The van der Waals surface area contributed by atoms with Crippen LogP contribution in [0.15, 0.2) is 11.6 Å². The molecule has 0 aromatic heterocycles. The van der Waals surface area contributed by atoms with Crippen LogP contribution in [0.25, 0.3) is 0 Å². The van der Waals surface area contributed by atoms with Gasteiger partial charge in [-0.2, -0.15) is 0 Å². The van der Waals surface area contributed by atoms with Crippen molar-refractivity contribution in [2.24, 2.45) is 0 Å². The molecule has 0 atom stereocenters. The first kappa shape index (κ1) is 11.9. The SMILES string of the molecule is CC/C=C(\CC)C(=O)[O-].[NH4+]. The Morgan fingerprint density at radius 2 is 2.00 bits per heavy atom. The molecule has 0 saturated heterocycles. The average molecular weight is 145 g/mol. The van der Waals surface area contributed by atoms with Gasteiger partial charge in [-0.3, -0.25) is 0 Å². The highest BCUT2D eigenvalue weighted by Gasteiger charge is 1.90. The molecule has 0 rings (SSSR count). The van der Waals surface area contributed by atoms with Gasteiger partial charge in [0, 0.05) is 0 Å². The highest BCUT2D eigenvalue weighted by molar-refractivity contribution is 5.84. The summed E-state index contributed by atoms with van der Waals surface area (Å²) < 4.78 is 0. The predicted molar refractivity (Wildman–Crippen MR) is 39.7 cm³/mol. The monoisotopic (exact) mass is 145 g/mol. The number of aliphatic carboxylic acids is 1. The van der Waals surface area contributed by atoms with Crippen LogP contribution in [0.2, 0.25) is 0 Å². The van der Waals surface area contributed by atoms with Crippen LogP contribution in [0.5, 0.6) is 0 Å². The lowest BCUT2D eigenvalue weighted by Crippen LogP contribution is -2.24. The van der Waals surface area contributed by atoms with E-state index in [1.165, 1.54) is 0 Å². The molecule has 0 radical (unpaired) electrons. The molecule has 0 bridgehead atoms. The molecule has 0 amide bonds. The van der Waals surface area contributed by atoms with Crippen molar-refractivity contribution in [2.75, 3.05) is 0 Å². The molecular formula is C7H15NO2. The van der Waals surface area contributed by atoms with E-state index in [0.29, 0.717) is 12.0 Å². The number of carboxylic acid groups (broad SMARTS) is 1. The van der Waals surface area contributed by atoms with Crippen LogP contribution >= 0.6 is 0 Å². The summed E-state index contributed by atoms with van der Waals surface area (Å²) in [5, 5.41) is 10.1.